The lowest BCUT2D eigenvalue weighted by Crippen LogP contribution is -2.06. The SMILES string of the molecule is Cc1ocnc1CNc1cnccc1-n1ccnn1. The standard InChI is InChI=1S/C12H12N6O/c1-9-10(15-8-19-9)7-14-11-6-13-3-2-12(11)18-5-4-16-17-18/h2-6,8,14H,7H2,1H3. The molecule has 0 aromatic carbocycles. The molecule has 3 heterocycles. The number of nitrogens with one attached hydrogen (secondary N) is 1. The molecule has 1 N–H and O–H groups in total. The van der Waals surface area contributed by atoms with Crippen molar-refractivity contribution in [2.75, 3.05) is 5.32 Å². The van der Waals surface area contributed by atoms with Crippen LogP contribution in [0.2, 0.25) is 0 Å². The Labute approximate surface area is 109 Å². The van der Waals surface area contributed by atoms with Crippen molar-refractivity contribution in [1.82, 2.24) is 25.0 Å². The first kappa shape index (κ1) is 11.4. The Morgan fingerprint density at radius 2 is 2.32 bits per heavy atom. The maximum Gasteiger partial charge on any atom is 0.181 e. The fourth-order valence-electron chi connectivity index (χ4n) is 1.74. The van der Waals surface area contributed by atoms with Crippen LogP contribution in [0.4, 0.5) is 5.69 Å². The molecule has 7 heteroatoms. The van der Waals surface area contributed by atoms with Crippen molar-refractivity contribution >= 4 is 5.69 Å². The van der Waals surface area contributed by atoms with Crippen molar-refractivity contribution < 1.29 is 4.42 Å². The van der Waals surface area contributed by atoms with E-state index >= 15 is 0 Å². The summed E-state index contributed by atoms with van der Waals surface area (Å²) in [4.78, 5) is 8.25. The third kappa shape index (κ3) is 2.30. The molecule has 0 unspecified atom stereocenters. The molecule has 3 aromatic heterocycles. The van der Waals surface area contributed by atoms with Gasteiger partial charge in [0.05, 0.1) is 36.5 Å². The predicted octanol–water partition coefficient (Wildman–Crippen LogP) is 1.57. The molecule has 0 bridgehead atoms. The van der Waals surface area contributed by atoms with Gasteiger partial charge in [-0.2, -0.15) is 0 Å². The van der Waals surface area contributed by atoms with Gasteiger partial charge >= 0.3 is 0 Å². The van der Waals surface area contributed by atoms with Gasteiger partial charge in [-0.1, -0.05) is 5.21 Å². The third-order valence-corrected chi connectivity index (χ3v) is 2.76. The first-order valence-electron chi connectivity index (χ1n) is 5.78. The molecule has 7 nitrogen and oxygen atoms in total. The first-order valence-corrected chi connectivity index (χ1v) is 5.78. The molecule has 0 aliphatic heterocycles. The number of aromatic nitrogens is 5. The Hall–Kier alpha value is -2.70. The maximum atomic E-state index is 5.16. The predicted molar refractivity (Wildman–Crippen MR) is 67.7 cm³/mol. The molecule has 3 aromatic rings. The monoisotopic (exact) mass is 256 g/mol. The van der Waals surface area contributed by atoms with Gasteiger partial charge < -0.3 is 9.73 Å². The van der Waals surface area contributed by atoms with Crippen molar-refractivity contribution in [2.24, 2.45) is 0 Å². The molecule has 0 amide bonds. The minimum absolute atomic E-state index is 0.565. The highest BCUT2D eigenvalue weighted by molar-refractivity contribution is 5.58. The molecule has 0 aliphatic rings. The Morgan fingerprint density at radius 1 is 1.37 bits per heavy atom. The van der Waals surface area contributed by atoms with Crippen molar-refractivity contribution in [2.45, 2.75) is 13.5 Å². The normalized spacial score (nSPS) is 10.6. The van der Waals surface area contributed by atoms with Crippen molar-refractivity contribution in [3.8, 4) is 5.69 Å². The number of oxazole rings is 1. The van der Waals surface area contributed by atoms with Gasteiger partial charge in [0.2, 0.25) is 0 Å². The van der Waals surface area contributed by atoms with E-state index in [9.17, 15) is 0 Å². The summed E-state index contributed by atoms with van der Waals surface area (Å²) in [6, 6.07) is 1.87. The molecule has 0 saturated heterocycles. The molecule has 0 saturated carbocycles. The van der Waals surface area contributed by atoms with E-state index < -0.39 is 0 Å². The molecule has 0 aliphatic carbocycles. The van der Waals surface area contributed by atoms with Gasteiger partial charge in [0.15, 0.2) is 6.39 Å². The number of anilines is 1. The summed E-state index contributed by atoms with van der Waals surface area (Å²) in [5.74, 6) is 0.804. The maximum absolute atomic E-state index is 5.16. The van der Waals surface area contributed by atoms with Gasteiger partial charge in [-0.25, -0.2) is 9.67 Å². The number of pyridine rings is 1. The second-order valence-corrected chi connectivity index (χ2v) is 3.95. The van der Waals surface area contributed by atoms with Crippen molar-refractivity contribution in [1.29, 1.82) is 0 Å². The minimum Gasteiger partial charge on any atom is -0.448 e. The van der Waals surface area contributed by atoms with Gasteiger partial charge in [0.1, 0.15) is 11.5 Å². The van der Waals surface area contributed by atoms with Gasteiger partial charge in [0.25, 0.3) is 0 Å². The quantitative estimate of drug-likeness (QED) is 0.763. The molecule has 0 radical (unpaired) electrons. The summed E-state index contributed by atoms with van der Waals surface area (Å²) in [7, 11) is 0. The van der Waals surface area contributed by atoms with E-state index in [0.29, 0.717) is 6.54 Å². The average molecular weight is 256 g/mol. The van der Waals surface area contributed by atoms with Crippen LogP contribution < -0.4 is 5.32 Å². The van der Waals surface area contributed by atoms with Gasteiger partial charge in [0, 0.05) is 6.20 Å². The van der Waals surface area contributed by atoms with Crippen molar-refractivity contribution in [3.05, 3.63) is 48.7 Å². The summed E-state index contributed by atoms with van der Waals surface area (Å²) in [6.45, 7) is 2.45. The molecule has 0 fully saturated rings. The second-order valence-electron chi connectivity index (χ2n) is 3.95. The lowest BCUT2D eigenvalue weighted by atomic mass is 10.3. The summed E-state index contributed by atoms with van der Waals surface area (Å²) in [5, 5.41) is 11.0. The number of aryl methyl sites for hydroxylation is 1. The van der Waals surface area contributed by atoms with Crippen LogP contribution in [0, 0.1) is 6.92 Å². The molecule has 0 atom stereocenters. The first-order chi connectivity index (χ1) is 9.34. The Balaban J connectivity index is 1.84. The van der Waals surface area contributed by atoms with Crippen molar-refractivity contribution in [3.63, 3.8) is 0 Å². The van der Waals surface area contributed by atoms with Crippen LogP contribution in [-0.2, 0) is 6.54 Å². The van der Waals surface area contributed by atoms with E-state index in [-0.39, 0.29) is 0 Å². The van der Waals surface area contributed by atoms with E-state index in [1.54, 1.807) is 29.5 Å². The summed E-state index contributed by atoms with van der Waals surface area (Å²) in [5.41, 5.74) is 2.61. The number of hydrogen-bond acceptors (Lipinski definition) is 6. The molecule has 3 rings (SSSR count). The smallest absolute Gasteiger partial charge is 0.181 e. The highest BCUT2D eigenvalue weighted by atomic mass is 16.3. The third-order valence-electron chi connectivity index (χ3n) is 2.76. The fraction of sp³-hybridized carbons (Fsp3) is 0.167. The molecule has 96 valence electrons. The molecule has 0 spiro atoms. The highest BCUT2D eigenvalue weighted by Crippen LogP contribution is 2.18. The van der Waals surface area contributed by atoms with E-state index in [0.717, 1.165) is 22.8 Å². The van der Waals surface area contributed by atoms with Gasteiger partial charge in [-0.3, -0.25) is 4.98 Å². The van der Waals surface area contributed by atoms with E-state index in [1.807, 2.05) is 13.0 Å². The van der Waals surface area contributed by atoms with E-state index in [2.05, 4.69) is 25.6 Å². The minimum atomic E-state index is 0.565. The lowest BCUT2D eigenvalue weighted by molar-refractivity contribution is 0.524. The zero-order chi connectivity index (χ0) is 13.1. The second kappa shape index (κ2) is 4.89. The highest BCUT2D eigenvalue weighted by Gasteiger charge is 2.07. The largest absolute Gasteiger partial charge is 0.448 e. The van der Waals surface area contributed by atoms with Crippen LogP contribution >= 0.6 is 0 Å². The fourth-order valence-corrected chi connectivity index (χ4v) is 1.74. The lowest BCUT2D eigenvalue weighted by Gasteiger charge is -2.09. The van der Waals surface area contributed by atoms with Crippen LogP contribution in [0.5, 0.6) is 0 Å². The Morgan fingerprint density at radius 3 is 3.05 bits per heavy atom. The van der Waals surface area contributed by atoms with Crippen LogP contribution in [0.25, 0.3) is 5.69 Å². The Kier molecular flexibility index (Phi) is 2.93. The number of rotatable bonds is 4. The molecule has 19 heavy (non-hydrogen) atoms. The number of nitrogens with zero attached hydrogens (tertiary/aromatic N) is 5. The average Bonchev–Trinajstić information content (AvgIpc) is 3.08. The van der Waals surface area contributed by atoms with Gasteiger partial charge in [-0.05, 0) is 13.0 Å². The topological polar surface area (TPSA) is 81.7 Å². The van der Waals surface area contributed by atoms with Crippen LogP contribution in [0.3, 0.4) is 0 Å². The summed E-state index contributed by atoms with van der Waals surface area (Å²) >= 11 is 0. The number of hydrogen-bond donors (Lipinski definition) is 1. The van der Waals surface area contributed by atoms with Crippen LogP contribution in [0.15, 0.2) is 41.7 Å². The zero-order valence-electron chi connectivity index (χ0n) is 10.3. The zero-order valence-corrected chi connectivity index (χ0v) is 10.3. The van der Waals surface area contributed by atoms with Crippen LogP contribution in [0.1, 0.15) is 11.5 Å². The van der Waals surface area contributed by atoms with Crippen LogP contribution in [-0.4, -0.2) is 25.0 Å². The van der Waals surface area contributed by atoms with E-state index in [1.165, 1.54) is 6.39 Å². The van der Waals surface area contributed by atoms with E-state index in [4.69, 9.17) is 4.42 Å². The Bertz CT molecular complexity index is 660. The summed E-state index contributed by atoms with van der Waals surface area (Å²) in [6.07, 6.45) is 8.30. The molecular weight excluding hydrogens is 244 g/mol. The van der Waals surface area contributed by atoms with Gasteiger partial charge in [-0.15, -0.1) is 5.10 Å². The molecular formula is C12H12N6O. The summed E-state index contributed by atoms with van der Waals surface area (Å²) < 4.78 is 6.84.